The Kier molecular flexibility index (Phi) is 5.38. The van der Waals surface area contributed by atoms with E-state index >= 15 is 0 Å². The van der Waals surface area contributed by atoms with Gasteiger partial charge in [-0.15, -0.1) is 0 Å². The molecule has 2 aromatic rings. The zero-order chi connectivity index (χ0) is 17.9. The van der Waals surface area contributed by atoms with Crippen LogP contribution in [0.4, 0.5) is 13.2 Å². The zero-order valence-corrected chi connectivity index (χ0v) is 13.9. The van der Waals surface area contributed by atoms with Crippen molar-refractivity contribution in [2.24, 2.45) is 0 Å². The number of halogens is 3. The molecule has 25 heavy (non-hydrogen) atoms. The molecule has 0 aromatic carbocycles. The third kappa shape index (κ3) is 4.37. The summed E-state index contributed by atoms with van der Waals surface area (Å²) in [5, 5.41) is 2.99. The van der Waals surface area contributed by atoms with E-state index in [0.29, 0.717) is 12.5 Å². The first-order valence-corrected chi connectivity index (χ1v) is 8.09. The molecule has 0 unspecified atom stereocenters. The van der Waals surface area contributed by atoms with Crippen LogP contribution in [0.5, 0.6) is 0 Å². The molecule has 3 heterocycles. The minimum absolute atomic E-state index is 0.00707. The maximum absolute atomic E-state index is 12.5. The number of nitrogens with zero attached hydrogens (tertiary/aromatic N) is 5. The van der Waals surface area contributed by atoms with Crippen LogP contribution in [0.1, 0.15) is 36.3 Å². The van der Waals surface area contributed by atoms with Crippen molar-refractivity contribution in [1.29, 1.82) is 0 Å². The number of hydrogen-bond donors (Lipinski definition) is 0. The van der Waals surface area contributed by atoms with Gasteiger partial charge in [0.05, 0.1) is 13.2 Å². The number of aromatic nitrogens is 4. The van der Waals surface area contributed by atoms with Crippen LogP contribution in [0.2, 0.25) is 0 Å². The van der Waals surface area contributed by atoms with Gasteiger partial charge in [-0.25, -0.2) is 4.98 Å². The van der Waals surface area contributed by atoms with Gasteiger partial charge in [-0.1, -0.05) is 5.16 Å². The van der Waals surface area contributed by atoms with E-state index in [9.17, 15) is 13.2 Å². The summed E-state index contributed by atoms with van der Waals surface area (Å²) in [4.78, 5) is 9.89. The number of hydrogen-bond acceptors (Lipinski definition) is 6. The Morgan fingerprint density at radius 1 is 1.32 bits per heavy atom. The van der Waals surface area contributed by atoms with Gasteiger partial charge in [0.1, 0.15) is 5.82 Å². The Balaban J connectivity index is 1.54. The summed E-state index contributed by atoms with van der Waals surface area (Å²) in [5.41, 5.74) is 0. The Bertz CT molecular complexity index is 677. The monoisotopic (exact) mass is 359 g/mol. The van der Waals surface area contributed by atoms with Crippen LogP contribution in [0.15, 0.2) is 16.9 Å². The highest BCUT2D eigenvalue weighted by atomic mass is 19.4. The molecule has 1 aliphatic heterocycles. The largest absolute Gasteiger partial charge is 0.455 e. The molecule has 0 N–H and O–H groups in total. The van der Waals surface area contributed by atoms with E-state index in [1.165, 1.54) is 0 Å². The SMILES string of the molecule is COCCn1ccnc1C1CCN(Cc2nc(C(F)(F)F)no2)CC1. The minimum atomic E-state index is -4.58. The Morgan fingerprint density at radius 2 is 2.08 bits per heavy atom. The lowest BCUT2D eigenvalue weighted by molar-refractivity contribution is -0.146. The summed E-state index contributed by atoms with van der Waals surface area (Å²) in [6.45, 7) is 3.10. The second-order valence-electron chi connectivity index (χ2n) is 6.03. The van der Waals surface area contributed by atoms with Crippen LogP contribution in [0, 0.1) is 0 Å². The third-order valence-corrected chi connectivity index (χ3v) is 4.32. The summed E-state index contributed by atoms with van der Waals surface area (Å²) in [7, 11) is 1.66. The molecular weight excluding hydrogens is 339 g/mol. The topological polar surface area (TPSA) is 69.2 Å². The average molecular weight is 359 g/mol. The van der Waals surface area contributed by atoms with Gasteiger partial charge >= 0.3 is 6.18 Å². The fraction of sp³-hybridized carbons (Fsp3) is 0.667. The van der Waals surface area contributed by atoms with Crippen LogP contribution >= 0.6 is 0 Å². The van der Waals surface area contributed by atoms with E-state index in [0.717, 1.165) is 38.3 Å². The van der Waals surface area contributed by atoms with E-state index in [1.54, 1.807) is 13.3 Å². The number of rotatable bonds is 6. The number of piperidine rings is 1. The number of imidazole rings is 1. The maximum Gasteiger partial charge on any atom is 0.455 e. The molecule has 1 fully saturated rings. The van der Waals surface area contributed by atoms with E-state index in [1.807, 2.05) is 11.1 Å². The van der Waals surface area contributed by atoms with Gasteiger partial charge in [-0.3, -0.25) is 4.90 Å². The molecule has 0 amide bonds. The fourth-order valence-corrected chi connectivity index (χ4v) is 3.03. The molecule has 0 spiro atoms. The Hall–Kier alpha value is -1.94. The summed E-state index contributed by atoms with van der Waals surface area (Å²) >= 11 is 0. The first-order chi connectivity index (χ1) is 12.0. The van der Waals surface area contributed by atoms with Crippen molar-refractivity contribution in [1.82, 2.24) is 24.6 Å². The lowest BCUT2D eigenvalue weighted by atomic mass is 9.96. The Morgan fingerprint density at radius 3 is 2.72 bits per heavy atom. The molecule has 0 saturated carbocycles. The quantitative estimate of drug-likeness (QED) is 0.788. The number of alkyl halides is 3. The van der Waals surface area contributed by atoms with Crippen LogP contribution in [-0.2, 0) is 24.0 Å². The highest BCUT2D eigenvalue weighted by Crippen LogP contribution is 2.29. The molecule has 0 radical (unpaired) electrons. The molecule has 1 saturated heterocycles. The van der Waals surface area contributed by atoms with Gasteiger partial charge in [-0.05, 0) is 25.9 Å². The van der Waals surface area contributed by atoms with Gasteiger partial charge < -0.3 is 13.8 Å². The number of ether oxygens (including phenoxy) is 1. The zero-order valence-electron chi connectivity index (χ0n) is 13.9. The molecular formula is C15H20F3N5O2. The van der Waals surface area contributed by atoms with Crippen molar-refractivity contribution >= 4 is 0 Å². The van der Waals surface area contributed by atoms with Crippen molar-refractivity contribution in [3.63, 3.8) is 0 Å². The smallest absolute Gasteiger partial charge is 0.383 e. The molecule has 138 valence electrons. The van der Waals surface area contributed by atoms with Gasteiger partial charge in [-0.2, -0.15) is 18.2 Å². The minimum Gasteiger partial charge on any atom is -0.383 e. The van der Waals surface area contributed by atoms with Gasteiger partial charge in [0.15, 0.2) is 0 Å². The van der Waals surface area contributed by atoms with Crippen LogP contribution in [0.25, 0.3) is 0 Å². The summed E-state index contributed by atoms with van der Waals surface area (Å²) in [6.07, 6.45) is 0.912. The molecule has 7 nitrogen and oxygen atoms in total. The third-order valence-electron chi connectivity index (χ3n) is 4.32. The van der Waals surface area contributed by atoms with Crippen LogP contribution < -0.4 is 0 Å². The molecule has 2 aromatic heterocycles. The number of methoxy groups -OCH3 is 1. The molecule has 0 atom stereocenters. The fourth-order valence-electron chi connectivity index (χ4n) is 3.03. The molecule has 3 rings (SSSR count). The van der Waals surface area contributed by atoms with Gasteiger partial charge in [0.25, 0.3) is 5.82 Å². The second kappa shape index (κ2) is 7.52. The Labute approximate surface area is 142 Å². The van der Waals surface area contributed by atoms with Gasteiger partial charge in [0.2, 0.25) is 5.89 Å². The lowest BCUT2D eigenvalue weighted by Crippen LogP contribution is -2.33. The van der Waals surface area contributed by atoms with Crippen molar-refractivity contribution < 1.29 is 22.4 Å². The first kappa shape index (κ1) is 17.9. The van der Waals surface area contributed by atoms with E-state index < -0.39 is 12.0 Å². The van der Waals surface area contributed by atoms with Crippen molar-refractivity contribution in [3.8, 4) is 0 Å². The van der Waals surface area contributed by atoms with Crippen molar-refractivity contribution in [2.75, 3.05) is 26.8 Å². The summed E-state index contributed by atoms with van der Waals surface area (Å²) in [6, 6.07) is 0. The van der Waals surface area contributed by atoms with E-state index in [4.69, 9.17) is 9.26 Å². The van der Waals surface area contributed by atoms with Crippen molar-refractivity contribution in [3.05, 3.63) is 29.9 Å². The summed E-state index contributed by atoms with van der Waals surface area (Å²) < 4.78 is 49.4. The summed E-state index contributed by atoms with van der Waals surface area (Å²) in [5.74, 6) is 0.135. The predicted molar refractivity (Wildman–Crippen MR) is 80.7 cm³/mol. The second-order valence-corrected chi connectivity index (χ2v) is 6.03. The maximum atomic E-state index is 12.5. The number of likely N-dealkylation sites (tertiary alicyclic amines) is 1. The van der Waals surface area contributed by atoms with Gasteiger partial charge in [0, 0.05) is 32.0 Å². The molecule has 0 bridgehead atoms. The van der Waals surface area contributed by atoms with E-state index in [2.05, 4.69) is 19.7 Å². The molecule has 10 heteroatoms. The standard InChI is InChI=1S/C15H20F3N5O2/c1-24-9-8-23-7-4-19-13(23)11-2-5-22(6-3-11)10-12-20-14(21-25-12)15(16,17)18/h4,7,11H,2-3,5-6,8-10H2,1H3. The van der Waals surface area contributed by atoms with E-state index in [-0.39, 0.29) is 12.4 Å². The normalized spacial score (nSPS) is 17.3. The molecule has 1 aliphatic rings. The average Bonchev–Trinajstić information content (AvgIpc) is 3.22. The highest BCUT2D eigenvalue weighted by molar-refractivity contribution is 5.03. The highest BCUT2D eigenvalue weighted by Gasteiger charge is 2.37. The van der Waals surface area contributed by atoms with Crippen LogP contribution in [0.3, 0.4) is 0 Å². The van der Waals surface area contributed by atoms with Crippen LogP contribution in [-0.4, -0.2) is 51.4 Å². The molecule has 0 aliphatic carbocycles. The predicted octanol–water partition coefficient (Wildman–Crippen LogP) is 2.31. The van der Waals surface area contributed by atoms with Crippen molar-refractivity contribution in [2.45, 2.75) is 38.0 Å². The lowest BCUT2D eigenvalue weighted by Gasteiger charge is -2.30. The first-order valence-electron chi connectivity index (χ1n) is 8.09.